The van der Waals surface area contributed by atoms with Gasteiger partial charge in [-0.1, -0.05) is 29.8 Å². The molecule has 0 aliphatic carbocycles. The second-order valence-electron chi connectivity index (χ2n) is 6.33. The summed E-state index contributed by atoms with van der Waals surface area (Å²) in [6.07, 6.45) is -4.38. The normalized spacial score (nSPS) is 17.3. The molecule has 27 heavy (non-hydrogen) atoms. The molecule has 0 aromatic heterocycles. The average Bonchev–Trinajstić information content (AvgIpc) is 2.97. The quantitative estimate of drug-likeness (QED) is 0.835. The molecular formula is C19H16ClF3N2O2. The Morgan fingerprint density at radius 2 is 1.81 bits per heavy atom. The molecule has 1 N–H and O–H groups in total. The summed E-state index contributed by atoms with van der Waals surface area (Å²) in [4.78, 5) is 26.1. The molecule has 3 rings (SSSR count). The van der Waals surface area contributed by atoms with Crippen LogP contribution in [0.2, 0.25) is 5.02 Å². The first-order chi connectivity index (χ1) is 12.7. The molecule has 2 aromatic carbocycles. The van der Waals surface area contributed by atoms with Crippen LogP contribution in [0.15, 0.2) is 48.5 Å². The Kier molecular flexibility index (Phi) is 5.41. The van der Waals surface area contributed by atoms with Gasteiger partial charge in [0, 0.05) is 30.2 Å². The molecule has 1 fully saturated rings. The summed E-state index contributed by atoms with van der Waals surface area (Å²) in [7, 11) is 0. The van der Waals surface area contributed by atoms with Gasteiger partial charge in [-0.25, -0.2) is 0 Å². The minimum absolute atomic E-state index is 0.0525. The highest BCUT2D eigenvalue weighted by Crippen LogP contribution is 2.30. The molecule has 0 radical (unpaired) electrons. The smallest absolute Gasteiger partial charge is 0.337 e. The van der Waals surface area contributed by atoms with E-state index in [1.807, 2.05) is 12.1 Å². The van der Waals surface area contributed by atoms with Crippen molar-refractivity contribution in [1.82, 2.24) is 4.90 Å². The van der Waals surface area contributed by atoms with Gasteiger partial charge in [-0.3, -0.25) is 9.59 Å². The van der Waals surface area contributed by atoms with Crippen LogP contribution in [-0.4, -0.2) is 23.3 Å². The molecule has 0 saturated carbocycles. The third-order valence-electron chi connectivity index (χ3n) is 4.38. The van der Waals surface area contributed by atoms with Gasteiger partial charge < -0.3 is 10.2 Å². The number of benzene rings is 2. The lowest BCUT2D eigenvalue weighted by Crippen LogP contribution is -2.28. The molecule has 1 saturated heterocycles. The molecule has 0 unspecified atom stereocenters. The maximum Gasteiger partial charge on any atom is 0.416 e. The maximum absolute atomic E-state index is 12.6. The van der Waals surface area contributed by atoms with Crippen LogP contribution in [0.3, 0.4) is 0 Å². The van der Waals surface area contributed by atoms with Gasteiger partial charge in [0.1, 0.15) is 0 Å². The van der Waals surface area contributed by atoms with Crippen LogP contribution in [0.4, 0.5) is 18.9 Å². The van der Waals surface area contributed by atoms with Crippen molar-refractivity contribution in [2.24, 2.45) is 5.92 Å². The predicted molar refractivity (Wildman–Crippen MR) is 95.0 cm³/mol. The van der Waals surface area contributed by atoms with E-state index < -0.39 is 23.6 Å². The number of hydrogen-bond donors (Lipinski definition) is 1. The topological polar surface area (TPSA) is 49.4 Å². The van der Waals surface area contributed by atoms with Gasteiger partial charge in [-0.2, -0.15) is 13.2 Å². The van der Waals surface area contributed by atoms with Gasteiger partial charge in [0.25, 0.3) is 0 Å². The zero-order valence-electron chi connectivity index (χ0n) is 14.1. The SMILES string of the molecule is O=C(Nc1ccc(C(F)(F)F)cc1)[C@@H]1CC(=O)N(Cc2ccccc2Cl)C1. The lowest BCUT2D eigenvalue weighted by Gasteiger charge is -2.17. The number of alkyl halides is 3. The lowest BCUT2D eigenvalue weighted by molar-refractivity contribution is -0.137. The molecule has 1 heterocycles. The van der Waals surface area contributed by atoms with Crippen molar-refractivity contribution >= 4 is 29.1 Å². The Morgan fingerprint density at radius 3 is 2.44 bits per heavy atom. The van der Waals surface area contributed by atoms with Crippen LogP contribution in [0.1, 0.15) is 17.5 Å². The van der Waals surface area contributed by atoms with Crippen molar-refractivity contribution in [3.8, 4) is 0 Å². The Balaban J connectivity index is 1.61. The number of anilines is 1. The first-order valence-electron chi connectivity index (χ1n) is 8.23. The third kappa shape index (κ3) is 4.60. The average molecular weight is 397 g/mol. The van der Waals surface area contributed by atoms with Crippen molar-refractivity contribution in [1.29, 1.82) is 0 Å². The molecular weight excluding hydrogens is 381 g/mol. The summed E-state index contributed by atoms with van der Waals surface area (Å²) in [6, 6.07) is 11.3. The van der Waals surface area contributed by atoms with Crippen LogP contribution in [0.25, 0.3) is 0 Å². The van der Waals surface area contributed by atoms with E-state index in [1.54, 1.807) is 17.0 Å². The van der Waals surface area contributed by atoms with Crippen LogP contribution in [0, 0.1) is 5.92 Å². The number of carbonyl (C=O) groups excluding carboxylic acids is 2. The monoisotopic (exact) mass is 396 g/mol. The molecule has 4 nitrogen and oxygen atoms in total. The number of nitrogens with zero attached hydrogens (tertiary/aromatic N) is 1. The van der Waals surface area contributed by atoms with E-state index in [-0.39, 0.29) is 24.6 Å². The van der Waals surface area contributed by atoms with Crippen LogP contribution in [0.5, 0.6) is 0 Å². The van der Waals surface area contributed by atoms with Crippen molar-refractivity contribution in [2.75, 3.05) is 11.9 Å². The Hall–Kier alpha value is -2.54. The number of carbonyl (C=O) groups is 2. The summed E-state index contributed by atoms with van der Waals surface area (Å²) in [5.41, 5.74) is 0.253. The van der Waals surface area contributed by atoms with Gasteiger partial charge in [0.05, 0.1) is 11.5 Å². The van der Waals surface area contributed by atoms with Gasteiger partial charge in [0.2, 0.25) is 11.8 Å². The summed E-state index contributed by atoms with van der Waals surface area (Å²) in [5.74, 6) is -1.13. The molecule has 142 valence electrons. The van der Waals surface area contributed by atoms with E-state index in [0.29, 0.717) is 11.6 Å². The van der Waals surface area contributed by atoms with Gasteiger partial charge in [-0.15, -0.1) is 0 Å². The number of rotatable bonds is 4. The lowest BCUT2D eigenvalue weighted by atomic mass is 10.1. The predicted octanol–water partition coefficient (Wildman–Crippen LogP) is 4.35. The number of nitrogens with one attached hydrogen (secondary N) is 1. The minimum atomic E-state index is -4.43. The molecule has 8 heteroatoms. The maximum atomic E-state index is 12.6. The number of amides is 2. The van der Waals surface area contributed by atoms with Crippen molar-refractivity contribution in [2.45, 2.75) is 19.1 Å². The van der Waals surface area contributed by atoms with Crippen molar-refractivity contribution in [3.05, 3.63) is 64.7 Å². The second kappa shape index (κ2) is 7.60. The Morgan fingerprint density at radius 1 is 1.15 bits per heavy atom. The highest BCUT2D eigenvalue weighted by molar-refractivity contribution is 6.31. The standard InChI is InChI=1S/C19H16ClF3N2O2/c20-16-4-2-1-3-12(16)10-25-11-13(9-17(25)26)18(27)24-15-7-5-14(6-8-15)19(21,22)23/h1-8,13H,9-11H2,(H,24,27)/t13-/m1/s1. The van der Waals surface area contributed by atoms with E-state index >= 15 is 0 Å². The summed E-state index contributed by atoms with van der Waals surface area (Å²) in [5, 5.41) is 3.11. The van der Waals surface area contributed by atoms with E-state index in [2.05, 4.69) is 5.32 Å². The summed E-state index contributed by atoms with van der Waals surface area (Å²) in [6.45, 7) is 0.541. The number of halogens is 4. The van der Waals surface area contributed by atoms with E-state index in [1.165, 1.54) is 12.1 Å². The molecule has 1 atom stereocenters. The fraction of sp³-hybridized carbons (Fsp3) is 0.263. The highest BCUT2D eigenvalue weighted by Gasteiger charge is 2.35. The van der Waals surface area contributed by atoms with Crippen LogP contribution in [-0.2, 0) is 22.3 Å². The fourth-order valence-corrected chi connectivity index (χ4v) is 3.12. The molecule has 1 aliphatic rings. The van der Waals surface area contributed by atoms with Gasteiger partial charge in [-0.05, 0) is 35.9 Å². The first kappa shape index (κ1) is 19.2. The van der Waals surface area contributed by atoms with E-state index in [0.717, 1.165) is 17.7 Å². The molecule has 0 spiro atoms. The second-order valence-corrected chi connectivity index (χ2v) is 6.74. The zero-order valence-corrected chi connectivity index (χ0v) is 14.8. The van der Waals surface area contributed by atoms with Crippen LogP contribution < -0.4 is 5.32 Å². The molecule has 1 aliphatic heterocycles. The fourth-order valence-electron chi connectivity index (χ4n) is 2.92. The van der Waals surface area contributed by atoms with E-state index in [4.69, 9.17) is 11.6 Å². The van der Waals surface area contributed by atoms with Gasteiger partial charge in [0.15, 0.2) is 0 Å². The van der Waals surface area contributed by atoms with E-state index in [9.17, 15) is 22.8 Å². The largest absolute Gasteiger partial charge is 0.416 e. The molecule has 2 amide bonds. The zero-order chi connectivity index (χ0) is 19.6. The van der Waals surface area contributed by atoms with Crippen LogP contribution >= 0.6 is 11.6 Å². The molecule has 0 bridgehead atoms. The molecule has 2 aromatic rings. The minimum Gasteiger partial charge on any atom is -0.337 e. The summed E-state index contributed by atoms with van der Waals surface area (Å²) >= 11 is 6.10. The first-order valence-corrected chi connectivity index (χ1v) is 8.61. The third-order valence-corrected chi connectivity index (χ3v) is 4.75. The Bertz CT molecular complexity index is 853. The number of likely N-dealkylation sites (tertiary alicyclic amines) is 1. The van der Waals surface area contributed by atoms with Crippen molar-refractivity contribution in [3.63, 3.8) is 0 Å². The number of hydrogen-bond acceptors (Lipinski definition) is 2. The highest BCUT2D eigenvalue weighted by atomic mass is 35.5. The Labute approximate surface area is 158 Å². The van der Waals surface area contributed by atoms with Gasteiger partial charge >= 0.3 is 6.18 Å². The van der Waals surface area contributed by atoms with Crippen molar-refractivity contribution < 1.29 is 22.8 Å². The summed E-state index contributed by atoms with van der Waals surface area (Å²) < 4.78 is 37.7.